The maximum atomic E-state index is 6.24. The van der Waals surface area contributed by atoms with Crippen LogP contribution in [0.4, 0.5) is 0 Å². The molecule has 2 aromatic rings. The molecule has 0 saturated carbocycles. The van der Waals surface area contributed by atoms with Crippen molar-refractivity contribution in [3.8, 4) is 0 Å². The lowest BCUT2D eigenvalue weighted by Crippen LogP contribution is -2.55. The Bertz CT molecular complexity index is 996. The zero-order valence-corrected chi connectivity index (χ0v) is 19.0. The minimum absolute atomic E-state index is 0.143. The number of morpholine rings is 1. The number of hydrogen-bond acceptors (Lipinski definition) is 8. The van der Waals surface area contributed by atoms with Crippen LogP contribution in [-0.4, -0.2) is 64.8 Å². The van der Waals surface area contributed by atoms with E-state index in [1.165, 1.54) is 5.56 Å². The van der Waals surface area contributed by atoms with Gasteiger partial charge in [-0.05, 0) is 43.9 Å². The van der Waals surface area contributed by atoms with Gasteiger partial charge in [-0.3, -0.25) is 4.90 Å². The van der Waals surface area contributed by atoms with Crippen molar-refractivity contribution in [3.63, 3.8) is 0 Å². The minimum Gasteiger partial charge on any atom is -0.446 e. The summed E-state index contributed by atoms with van der Waals surface area (Å²) >= 11 is 6.09. The van der Waals surface area contributed by atoms with Gasteiger partial charge in [-0.15, -0.1) is 10.2 Å². The third kappa shape index (κ3) is 4.67. The second kappa shape index (κ2) is 9.21. The SMILES string of the molecule is Cc1coc([C@H]2CN(C3CCN(C4=NN=C(N)C4)CC3)[C@@H](Cc3ccc(Cl)cc3)CO2)n1. The Labute approximate surface area is 193 Å². The summed E-state index contributed by atoms with van der Waals surface area (Å²) in [7, 11) is 0. The molecule has 1 aromatic heterocycles. The molecule has 8 nitrogen and oxygen atoms in total. The average molecular weight is 457 g/mol. The van der Waals surface area contributed by atoms with Crippen LogP contribution in [0.5, 0.6) is 0 Å². The van der Waals surface area contributed by atoms with Crippen LogP contribution in [0.2, 0.25) is 5.02 Å². The number of rotatable bonds is 4. The Kier molecular flexibility index (Phi) is 6.17. The molecule has 5 rings (SSSR count). The Hall–Kier alpha value is -2.42. The van der Waals surface area contributed by atoms with Gasteiger partial charge in [0.1, 0.15) is 24.0 Å². The van der Waals surface area contributed by atoms with E-state index in [9.17, 15) is 0 Å². The lowest BCUT2D eigenvalue weighted by Gasteiger charge is -2.46. The number of nitrogens with two attached hydrogens (primary N) is 1. The van der Waals surface area contributed by atoms with Crippen molar-refractivity contribution in [3.05, 3.63) is 52.7 Å². The molecule has 0 spiro atoms. The molecule has 0 bridgehead atoms. The molecule has 0 radical (unpaired) electrons. The summed E-state index contributed by atoms with van der Waals surface area (Å²) in [6.45, 7) is 5.28. The lowest BCUT2D eigenvalue weighted by atomic mass is 9.96. The summed E-state index contributed by atoms with van der Waals surface area (Å²) in [6.07, 6.45) is 5.26. The Morgan fingerprint density at radius 1 is 1.16 bits per heavy atom. The third-order valence-electron chi connectivity index (χ3n) is 6.56. The van der Waals surface area contributed by atoms with Crippen LogP contribution in [0, 0.1) is 6.92 Å². The van der Waals surface area contributed by atoms with E-state index >= 15 is 0 Å². The maximum Gasteiger partial charge on any atom is 0.224 e. The van der Waals surface area contributed by atoms with Crippen molar-refractivity contribution in [2.75, 3.05) is 26.2 Å². The predicted octanol–water partition coefficient (Wildman–Crippen LogP) is 3.16. The van der Waals surface area contributed by atoms with Crippen molar-refractivity contribution < 1.29 is 9.15 Å². The van der Waals surface area contributed by atoms with Crippen LogP contribution in [0.25, 0.3) is 0 Å². The number of piperidine rings is 1. The molecule has 2 atom stereocenters. The van der Waals surface area contributed by atoms with Gasteiger partial charge in [-0.1, -0.05) is 23.7 Å². The second-order valence-electron chi connectivity index (χ2n) is 8.83. The number of nitrogens with zero attached hydrogens (tertiary/aromatic N) is 5. The van der Waals surface area contributed by atoms with E-state index in [2.05, 4.69) is 37.1 Å². The van der Waals surface area contributed by atoms with Gasteiger partial charge in [0.15, 0.2) is 0 Å². The topological polar surface area (TPSA) is 92.5 Å². The zero-order valence-electron chi connectivity index (χ0n) is 18.3. The van der Waals surface area contributed by atoms with Crippen molar-refractivity contribution in [1.82, 2.24) is 14.8 Å². The van der Waals surface area contributed by atoms with Gasteiger partial charge >= 0.3 is 0 Å². The molecule has 32 heavy (non-hydrogen) atoms. The van der Waals surface area contributed by atoms with E-state index in [1.54, 1.807) is 6.26 Å². The smallest absolute Gasteiger partial charge is 0.224 e. The van der Waals surface area contributed by atoms with E-state index in [-0.39, 0.29) is 6.10 Å². The molecule has 0 amide bonds. The first-order valence-electron chi connectivity index (χ1n) is 11.2. The van der Waals surface area contributed by atoms with Crippen LogP contribution >= 0.6 is 11.6 Å². The molecule has 3 aliphatic rings. The minimum atomic E-state index is -0.143. The molecule has 170 valence electrons. The molecule has 2 N–H and O–H groups in total. The van der Waals surface area contributed by atoms with Crippen LogP contribution < -0.4 is 5.73 Å². The Morgan fingerprint density at radius 3 is 2.59 bits per heavy atom. The van der Waals surface area contributed by atoms with E-state index < -0.39 is 0 Å². The number of oxazole rings is 1. The zero-order chi connectivity index (χ0) is 22.1. The molecule has 0 aliphatic carbocycles. The van der Waals surface area contributed by atoms with Crippen molar-refractivity contribution in [2.45, 2.75) is 50.8 Å². The van der Waals surface area contributed by atoms with Crippen LogP contribution in [0.1, 0.15) is 42.5 Å². The largest absolute Gasteiger partial charge is 0.446 e. The number of hydrogen-bond donors (Lipinski definition) is 1. The van der Waals surface area contributed by atoms with E-state index in [1.807, 2.05) is 19.1 Å². The summed E-state index contributed by atoms with van der Waals surface area (Å²) in [4.78, 5) is 9.46. The first-order chi connectivity index (χ1) is 15.5. The number of aromatic nitrogens is 1. The third-order valence-corrected chi connectivity index (χ3v) is 6.82. The van der Waals surface area contributed by atoms with Gasteiger partial charge in [-0.25, -0.2) is 4.98 Å². The quantitative estimate of drug-likeness (QED) is 0.759. The van der Waals surface area contributed by atoms with E-state index in [4.69, 9.17) is 26.5 Å². The van der Waals surface area contributed by atoms with Gasteiger partial charge in [0.05, 0.1) is 18.7 Å². The summed E-state index contributed by atoms with van der Waals surface area (Å²) in [6, 6.07) is 8.88. The second-order valence-corrected chi connectivity index (χ2v) is 9.27. The molecular formula is C23H29ClN6O2. The van der Waals surface area contributed by atoms with E-state index in [0.29, 0.717) is 36.8 Å². The highest BCUT2D eigenvalue weighted by Crippen LogP contribution is 2.31. The Balaban J connectivity index is 1.29. The molecule has 4 heterocycles. The molecular weight excluding hydrogens is 428 g/mol. The molecule has 2 saturated heterocycles. The van der Waals surface area contributed by atoms with Crippen LogP contribution in [0.15, 0.2) is 45.1 Å². The summed E-state index contributed by atoms with van der Waals surface area (Å²) in [5.74, 6) is 2.26. The normalized spacial score (nSPS) is 25.1. The summed E-state index contributed by atoms with van der Waals surface area (Å²) in [5, 5.41) is 9.01. The highest BCUT2D eigenvalue weighted by atomic mass is 35.5. The number of ether oxygens (including phenoxy) is 1. The van der Waals surface area contributed by atoms with Crippen LogP contribution in [0.3, 0.4) is 0 Å². The number of likely N-dealkylation sites (tertiary alicyclic amines) is 1. The maximum absolute atomic E-state index is 6.24. The van der Waals surface area contributed by atoms with Gasteiger partial charge in [0, 0.05) is 36.7 Å². The highest BCUT2D eigenvalue weighted by molar-refractivity contribution is 6.30. The fourth-order valence-corrected chi connectivity index (χ4v) is 5.01. The molecule has 9 heteroatoms. The standard InChI is InChI=1S/C23H29ClN6O2/c1-15-13-32-23(26-15)20-12-30(19(14-31-20)10-16-2-4-17(24)5-3-16)18-6-8-29(9-7-18)22-11-21(25)27-28-22/h2-5,13,18-20H,6-12,14H2,1H3,(H2,25,27)/t19-,20+/m0/s1. The number of halogens is 1. The number of amidine groups is 2. The average Bonchev–Trinajstić information content (AvgIpc) is 3.44. The number of benzene rings is 1. The Morgan fingerprint density at radius 2 is 1.94 bits per heavy atom. The van der Waals surface area contributed by atoms with Crippen LogP contribution in [-0.2, 0) is 11.2 Å². The van der Waals surface area contributed by atoms with Gasteiger partial charge < -0.3 is 19.8 Å². The predicted molar refractivity (Wildman–Crippen MR) is 124 cm³/mol. The molecule has 1 aromatic carbocycles. The monoisotopic (exact) mass is 456 g/mol. The molecule has 0 unspecified atom stereocenters. The fourth-order valence-electron chi connectivity index (χ4n) is 4.89. The fraction of sp³-hybridized carbons (Fsp3) is 0.522. The first-order valence-corrected chi connectivity index (χ1v) is 11.6. The summed E-state index contributed by atoms with van der Waals surface area (Å²) in [5.41, 5.74) is 7.96. The molecule has 2 fully saturated rings. The first kappa shape index (κ1) is 21.4. The van der Waals surface area contributed by atoms with Crippen molar-refractivity contribution in [1.29, 1.82) is 0 Å². The van der Waals surface area contributed by atoms with Gasteiger partial charge in [-0.2, -0.15) is 0 Å². The lowest BCUT2D eigenvalue weighted by molar-refractivity contribution is -0.0955. The van der Waals surface area contributed by atoms with Crippen molar-refractivity contribution in [2.24, 2.45) is 15.9 Å². The summed E-state index contributed by atoms with van der Waals surface area (Å²) < 4.78 is 11.9. The van der Waals surface area contributed by atoms with Gasteiger partial charge in [0.25, 0.3) is 0 Å². The highest BCUT2D eigenvalue weighted by Gasteiger charge is 2.38. The van der Waals surface area contributed by atoms with Crippen molar-refractivity contribution >= 4 is 23.3 Å². The van der Waals surface area contributed by atoms with Gasteiger partial charge in [0.2, 0.25) is 5.89 Å². The number of aryl methyl sites for hydroxylation is 1. The molecule has 3 aliphatic heterocycles. The van der Waals surface area contributed by atoms with E-state index in [0.717, 1.165) is 55.4 Å².